The van der Waals surface area contributed by atoms with Gasteiger partial charge in [-0.3, -0.25) is 9.48 Å². The zero-order valence-electron chi connectivity index (χ0n) is 14.6. The van der Waals surface area contributed by atoms with Crippen molar-refractivity contribution >= 4 is 17.7 Å². The van der Waals surface area contributed by atoms with E-state index in [2.05, 4.69) is 10.4 Å². The number of nitrogens with one attached hydrogen (secondary N) is 1. The second kappa shape index (κ2) is 6.48. The van der Waals surface area contributed by atoms with E-state index in [9.17, 15) is 14.7 Å². The number of hydrogen-bond donors (Lipinski definition) is 2. The van der Waals surface area contributed by atoms with Gasteiger partial charge in [-0.05, 0) is 42.9 Å². The molecule has 2 fully saturated rings. The molecule has 0 saturated heterocycles. The van der Waals surface area contributed by atoms with Gasteiger partial charge in [0.05, 0.1) is 11.9 Å². The van der Waals surface area contributed by atoms with Crippen LogP contribution in [0.3, 0.4) is 0 Å². The van der Waals surface area contributed by atoms with E-state index in [1.54, 1.807) is 35.1 Å². The largest absolute Gasteiger partial charge is 0.465 e. The molecule has 1 heterocycles. The molecule has 2 aromatic rings. The lowest BCUT2D eigenvalue weighted by Gasteiger charge is -2.19. The highest BCUT2D eigenvalue weighted by molar-refractivity contribution is 6.04. The highest BCUT2D eigenvalue weighted by Gasteiger charge is 2.46. The quantitative estimate of drug-likeness (QED) is 0.835. The van der Waals surface area contributed by atoms with Gasteiger partial charge < -0.3 is 15.3 Å². The zero-order chi connectivity index (χ0) is 18.3. The summed E-state index contributed by atoms with van der Waals surface area (Å²) in [5, 5.41) is 16.3. The van der Waals surface area contributed by atoms with Crippen molar-refractivity contribution in [1.29, 1.82) is 0 Å². The third-order valence-electron chi connectivity index (χ3n) is 5.09. The maximum Gasteiger partial charge on any atom is 0.407 e. The Kier molecular flexibility index (Phi) is 4.14. The van der Waals surface area contributed by atoms with E-state index in [0.717, 1.165) is 24.8 Å². The first-order valence-corrected chi connectivity index (χ1v) is 8.91. The van der Waals surface area contributed by atoms with Gasteiger partial charge in [0.25, 0.3) is 5.91 Å². The van der Waals surface area contributed by atoms with Crippen molar-refractivity contribution in [3.05, 3.63) is 47.8 Å². The molecule has 2 aliphatic carbocycles. The van der Waals surface area contributed by atoms with Crippen LogP contribution in [0.15, 0.2) is 36.7 Å². The van der Waals surface area contributed by atoms with Crippen LogP contribution in [0, 0.1) is 5.92 Å². The molecule has 2 atom stereocenters. The predicted molar refractivity (Wildman–Crippen MR) is 96.2 cm³/mol. The molecule has 2 saturated carbocycles. The van der Waals surface area contributed by atoms with Gasteiger partial charge >= 0.3 is 6.09 Å². The fourth-order valence-electron chi connectivity index (χ4n) is 3.42. The smallest absolute Gasteiger partial charge is 0.407 e. The van der Waals surface area contributed by atoms with Crippen LogP contribution < -0.4 is 5.32 Å². The van der Waals surface area contributed by atoms with Crippen molar-refractivity contribution in [3.63, 3.8) is 0 Å². The number of carboxylic acid groups (broad SMARTS) is 1. The van der Waals surface area contributed by atoms with Crippen LogP contribution in [0.5, 0.6) is 0 Å². The SMILES string of the molecule is Cn1cc(NC(=O)c2cccc(C3CC3N(CC3CC3)C(=O)O)c2)cn1. The Morgan fingerprint density at radius 3 is 2.85 bits per heavy atom. The number of carbonyl (C=O) groups is 2. The van der Waals surface area contributed by atoms with Crippen molar-refractivity contribution in [2.75, 3.05) is 11.9 Å². The number of benzene rings is 1. The molecule has 1 aromatic heterocycles. The van der Waals surface area contributed by atoms with E-state index >= 15 is 0 Å². The lowest BCUT2D eigenvalue weighted by molar-refractivity contribution is 0.102. The van der Waals surface area contributed by atoms with Gasteiger partial charge in [-0.2, -0.15) is 5.10 Å². The number of aromatic nitrogens is 2. The summed E-state index contributed by atoms with van der Waals surface area (Å²) in [5.41, 5.74) is 2.24. The molecule has 26 heavy (non-hydrogen) atoms. The summed E-state index contributed by atoms with van der Waals surface area (Å²) in [5.74, 6) is 0.519. The molecule has 0 spiro atoms. The van der Waals surface area contributed by atoms with Gasteiger partial charge in [-0.25, -0.2) is 4.79 Å². The second-order valence-electron chi connectivity index (χ2n) is 7.27. The van der Waals surface area contributed by atoms with E-state index in [-0.39, 0.29) is 17.9 Å². The Morgan fingerprint density at radius 2 is 2.19 bits per heavy atom. The number of hydrogen-bond acceptors (Lipinski definition) is 3. The van der Waals surface area contributed by atoms with Gasteiger partial charge in [0.1, 0.15) is 0 Å². The maximum absolute atomic E-state index is 12.4. The van der Waals surface area contributed by atoms with Crippen LogP contribution in [-0.4, -0.2) is 44.4 Å². The van der Waals surface area contributed by atoms with Crippen LogP contribution in [0.1, 0.15) is 41.1 Å². The first kappa shape index (κ1) is 16.6. The molecule has 2 amide bonds. The van der Waals surface area contributed by atoms with Gasteiger partial charge in [0.15, 0.2) is 0 Å². The third kappa shape index (κ3) is 3.56. The Labute approximate surface area is 151 Å². The molecule has 2 N–H and O–H groups in total. The van der Waals surface area contributed by atoms with Crippen molar-refractivity contribution in [2.24, 2.45) is 13.0 Å². The van der Waals surface area contributed by atoms with Crippen LogP contribution in [-0.2, 0) is 7.05 Å². The van der Waals surface area contributed by atoms with Gasteiger partial charge in [-0.1, -0.05) is 12.1 Å². The van der Waals surface area contributed by atoms with Crippen LogP contribution in [0.2, 0.25) is 0 Å². The minimum Gasteiger partial charge on any atom is -0.465 e. The zero-order valence-corrected chi connectivity index (χ0v) is 14.6. The lowest BCUT2D eigenvalue weighted by Crippen LogP contribution is -2.34. The van der Waals surface area contributed by atoms with E-state index in [1.807, 2.05) is 18.2 Å². The molecular formula is C19H22N4O3. The summed E-state index contributed by atoms with van der Waals surface area (Å²) < 4.78 is 1.63. The summed E-state index contributed by atoms with van der Waals surface area (Å²) >= 11 is 0. The molecule has 0 bridgehead atoms. The maximum atomic E-state index is 12.4. The molecule has 7 heteroatoms. The molecule has 2 aliphatic rings. The first-order valence-electron chi connectivity index (χ1n) is 8.91. The van der Waals surface area contributed by atoms with E-state index in [1.165, 1.54) is 0 Å². The number of amides is 2. The average Bonchev–Trinajstić information content (AvgIpc) is 3.52. The Morgan fingerprint density at radius 1 is 1.38 bits per heavy atom. The Hall–Kier alpha value is -2.83. The van der Waals surface area contributed by atoms with E-state index in [0.29, 0.717) is 23.7 Å². The molecule has 136 valence electrons. The van der Waals surface area contributed by atoms with Crippen LogP contribution >= 0.6 is 0 Å². The predicted octanol–water partition coefficient (Wildman–Crippen LogP) is 2.92. The molecule has 0 radical (unpaired) electrons. The summed E-state index contributed by atoms with van der Waals surface area (Å²) in [6, 6.07) is 7.50. The molecule has 2 unspecified atom stereocenters. The summed E-state index contributed by atoms with van der Waals surface area (Å²) in [6.07, 6.45) is 5.58. The lowest BCUT2D eigenvalue weighted by atomic mass is 10.1. The molecule has 7 nitrogen and oxygen atoms in total. The first-order chi connectivity index (χ1) is 12.5. The fraction of sp³-hybridized carbons (Fsp3) is 0.421. The monoisotopic (exact) mass is 354 g/mol. The normalized spacial score (nSPS) is 21.3. The van der Waals surface area contributed by atoms with Crippen molar-refractivity contribution in [3.8, 4) is 0 Å². The minimum absolute atomic E-state index is 0.0322. The number of rotatable bonds is 6. The van der Waals surface area contributed by atoms with E-state index < -0.39 is 6.09 Å². The summed E-state index contributed by atoms with van der Waals surface area (Å²) in [6.45, 7) is 0.637. The standard InChI is InChI=1S/C19H22N4O3/c1-22-11-15(9-20-22)21-18(24)14-4-2-3-13(7-14)16-8-17(16)23(19(25)26)10-12-5-6-12/h2-4,7,9,11-12,16-17H,5-6,8,10H2,1H3,(H,21,24)(H,25,26). The van der Waals surface area contributed by atoms with Crippen molar-refractivity contribution in [1.82, 2.24) is 14.7 Å². The van der Waals surface area contributed by atoms with Crippen LogP contribution in [0.25, 0.3) is 0 Å². The van der Waals surface area contributed by atoms with Crippen LogP contribution in [0.4, 0.5) is 10.5 Å². The summed E-state index contributed by atoms with van der Waals surface area (Å²) in [4.78, 5) is 25.6. The molecular weight excluding hydrogens is 332 g/mol. The van der Waals surface area contributed by atoms with Gasteiger partial charge in [0, 0.05) is 37.3 Å². The summed E-state index contributed by atoms with van der Waals surface area (Å²) in [7, 11) is 1.79. The number of anilines is 1. The highest BCUT2D eigenvalue weighted by atomic mass is 16.4. The fourth-order valence-corrected chi connectivity index (χ4v) is 3.42. The number of nitrogens with zero attached hydrogens (tertiary/aromatic N) is 3. The van der Waals surface area contributed by atoms with Gasteiger partial charge in [-0.15, -0.1) is 0 Å². The number of carbonyl (C=O) groups excluding carboxylic acids is 1. The van der Waals surface area contributed by atoms with E-state index in [4.69, 9.17) is 0 Å². The van der Waals surface area contributed by atoms with Crippen molar-refractivity contribution in [2.45, 2.75) is 31.2 Å². The molecule has 0 aliphatic heterocycles. The molecule has 4 rings (SSSR count). The second-order valence-corrected chi connectivity index (χ2v) is 7.27. The molecule has 1 aromatic carbocycles. The number of aryl methyl sites for hydroxylation is 1. The third-order valence-corrected chi connectivity index (χ3v) is 5.09. The Bertz CT molecular complexity index is 843. The van der Waals surface area contributed by atoms with Gasteiger partial charge in [0.2, 0.25) is 0 Å². The minimum atomic E-state index is -0.838. The average molecular weight is 354 g/mol. The highest BCUT2D eigenvalue weighted by Crippen LogP contribution is 2.46. The topological polar surface area (TPSA) is 87.5 Å². The Balaban J connectivity index is 1.44. The van der Waals surface area contributed by atoms with Crippen molar-refractivity contribution < 1.29 is 14.7 Å².